The number of amides is 2. The van der Waals surface area contributed by atoms with Gasteiger partial charge in [-0.05, 0) is 18.8 Å². The van der Waals surface area contributed by atoms with Crippen LogP contribution in [0.1, 0.15) is 43.5 Å². The normalized spacial score (nSPS) is 17.1. The van der Waals surface area contributed by atoms with Crippen molar-refractivity contribution in [2.45, 2.75) is 44.0 Å². The maximum atomic E-state index is 12.5. The molecule has 1 saturated carbocycles. The Balaban J connectivity index is 2.00. The van der Waals surface area contributed by atoms with Crippen LogP contribution in [0.15, 0.2) is 4.52 Å². The fraction of sp³-hybridized carbons (Fsp3) is 0.714. The summed E-state index contributed by atoms with van der Waals surface area (Å²) in [5.41, 5.74) is 5.02. The molecule has 2 amide bonds. The predicted molar refractivity (Wildman–Crippen MR) is 86.0 cm³/mol. The largest absolute Gasteiger partial charge is 0.471 e. The van der Waals surface area contributed by atoms with Gasteiger partial charge in [0.05, 0.1) is 17.5 Å². The van der Waals surface area contributed by atoms with Crippen LogP contribution in [0.25, 0.3) is 0 Å². The van der Waals surface area contributed by atoms with Crippen LogP contribution in [0.2, 0.25) is 0 Å². The summed E-state index contributed by atoms with van der Waals surface area (Å²) < 4.78 is 65.3. The second-order valence-corrected chi connectivity index (χ2v) is 8.78. The molecule has 1 aliphatic rings. The Bertz CT molecular complexity index is 821. The number of hydrogen-bond acceptors (Lipinski definition) is 8. The molecule has 28 heavy (non-hydrogen) atoms. The summed E-state index contributed by atoms with van der Waals surface area (Å²) in [5, 5.41) is 15.3. The molecule has 0 aliphatic heterocycles. The first-order chi connectivity index (χ1) is 12.9. The van der Waals surface area contributed by atoms with E-state index in [0.29, 0.717) is 0 Å². The highest BCUT2D eigenvalue weighted by atomic mass is 32.2. The maximum Gasteiger partial charge on any atom is 0.471 e. The Morgan fingerprint density at radius 1 is 1.36 bits per heavy atom. The van der Waals surface area contributed by atoms with Crippen molar-refractivity contribution in [3.63, 3.8) is 0 Å². The van der Waals surface area contributed by atoms with Crippen molar-refractivity contribution in [3.8, 4) is 0 Å². The molecule has 1 fully saturated rings. The molecule has 0 spiro atoms. The Hall–Kier alpha value is -2.22. The second kappa shape index (κ2) is 8.43. The zero-order chi connectivity index (χ0) is 21.1. The number of sulfone groups is 1. The molecule has 158 valence electrons. The molecule has 0 bridgehead atoms. The van der Waals surface area contributed by atoms with Crippen molar-refractivity contribution in [3.05, 3.63) is 11.7 Å². The number of rotatable bonds is 10. The van der Waals surface area contributed by atoms with Gasteiger partial charge in [0.2, 0.25) is 17.6 Å². The SMILES string of the molecule is NC(=O)C[C@@H](NC(=O)CCS(=O)(=O)CC1CC1)[C@H](O)c1noc(C(F)(F)F)n1. The highest BCUT2D eigenvalue weighted by Crippen LogP contribution is 2.31. The summed E-state index contributed by atoms with van der Waals surface area (Å²) in [5.74, 6) is -4.66. The molecule has 1 aliphatic carbocycles. The molecule has 0 unspecified atom stereocenters. The first-order valence-electron chi connectivity index (χ1n) is 8.24. The average Bonchev–Trinajstić information content (AvgIpc) is 3.20. The highest BCUT2D eigenvalue weighted by Gasteiger charge is 2.40. The van der Waals surface area contributed by atoms with Crippen molar-refractivity contribution in [1.29, 1.82) is 0 Å². The number of aliphatic hydroxyl groups is 1. The Labute approximate surface area is 157 Å². The number of aromatic nitrogens is 2. The summed E-state index contributed by atoms with van der Waals surface area (Å²) in [6.45, 7) is 0. The molecule has 2 atom stereocenters. The minimum absolute atomic E-state index is 0.0172. The van der Waals surface area contributed by atoms with Crippen molar-refractivity contribution >= 4 is 21.7 Å². The molecule has 1 heterocycles. The van der Waals surface area contributed by atoms with Gasteiger partial charge in [-0.25, -0.2) is 8.42 Å². The standard InChI is InChI=1S/C14H19F3N4O6S/c15-14(16,17)13-20-12(21-27-13)11(24)8(5-9(18)22)19-10(23)3-4-28(25,26)6-7-1-2-7/h7-8,11,24H,1-6H2,(H2,18,22)(H,19,23)/t8-,11+/m1/s1. The monoisotopic (exact) mass is 428 g/mol. The van der Waals surface area contributed by atoms with E-state index < -0.39 is 70.3 Å². The van der Waals surface area contributed by atoms with Crippen molar-refractivity contribution in [2.24, 2.45) is 11.7 Å². The smallest absolute Gasteiger partial charge is 0.383 e. The zero-order valence-electron chi connectivity index (χ0n) is 14.5. The van der Waals surface area contributed by atoms with Gasteiger partial charge in [0.25, 0.3) is 0 Å². The third-order valence-corrected chi connectivity index (χ3v) is 5.73. The number of hydrogen-bond donors (Lipinski definition) is 3. The van der Waals surface area contributed by atoms with Gasteiger partial charge in [-0.15, -0.1) is 0 Å². The lowest BCUT2D eigenvalue weighted by Gasteiger charge is -2.20. The third-order valence-electron chi connectivity index (χ3n) is 3.92. The van der Waals surface area contributed by atoms with E-state index in [-0.39, 0.29) is 11.7 Å². The molecule has 1 aromatic heterocycles. The third kappa shape index (κ3) is 6.74. The Kier molecular flexibility index (Phi) is 6.64. The number of nitrogens with one attached hydrogen (secondary N) is 1. The Morgan fingerprint density at radius 2 is 2.00 bits per heavy atom. The molecular formula is C14H19F3N4O6S. The van der Waals surface area contributed by atoms with Gasteiger partial charge in [-0.3, -0.25) is 9.59 Å². The molecule has 14 heteroatoms. The number of halogens is 3. The quantitative estimate of drug-likeness (QED) is 0.457. The van der Waals surface area contributed by atoms with E-state index in [1.807, 2.05) is 0 Å². The van der Waals surface area contributed by atoms with E-state index >= 15 is 0 Å². The molecule has 0 aromatic carbocycles. The second-order valence-electron chi connectivity index (χ2n) is 6.55. The molecule has 4 N–H and O–H groups in total. The predicted octanol–water partition coefficient (Wildman–Crippen LogP) is -0.303. The molecule has 10 nitrogen and oxygen atoms in total. The summed E-state index contributed by atoms with van der Waals surface area (Å²) >= 11 is 0. The molecule has 0 radical (unpaired) electrons. The van der Waals surface area contributed by atoms with Crippen LogP contribution in [0, 0.1) is 5.92 Å². The molecule has 0 saturated heterocycles. The topological polar surface area (TPSA) is 165 Å². The first kappa shape index (κ1) is 22.1. The van der Waals surface area contributed by atoms with Crippen LogP contribution in [0.4, 0.5) is 13.2 Å². The minimum Gasteiger partial charge on any atom is -0.383 e. The van der Waals surface area contributed by atoms with Crippen molar-refractivity contribution < 1.29 is 40.8 Å². The van der Waals surface area contributed by atoms with E-state index in [0.717, 1.165) is 12.8 Å². The van der Waals surface area contributed by atoms with Crippen molar-refractivity contribution in [1.82, 2.24) is 15.5 Å². The van der Waals surface area contributed by atoms with Crippen molar-refractivity contribution in [2.75, 3.05) is 11.5 Å². The zero-order valence-corrected chi connectivity index (χ0v) is 15.3. The number of carbonyl (C=O) groups is 2. The molecule has 2 rings (SSSR count). The van der Waals surface area contributed by atoms with Crippen LogP contribution >= 0.6 is 0 Å². The van der Waals surface area contributed by atoms with Crippen LogP contribution < -0.4 is 11.1 Å². The van der Waals surface area contributed by atoms with Crippen LogP contribution in [-0.2, 0) is 25.6 Å². The van der Waals surface area contributed by atoms with Gasteiger partial charge in [-0.1, -0.05) is 5.16 Å². The first-order valence-corrected chi connectivity index (χ1v) is 10.1. The Morgan fingerprint density at radius 3 is 2.50 bits per heavy atom. The number of aliphatic hydroxyl groups excluding tert-OH is 1. The highest BCUT2D eigenvalue weighted by molar-refractivity contribution is 7.91. The minimum atomic E-state index is -4.94. The maximum absolute atomic E-state index is 12.5. The van der Waals surface area contributed by atoms with Crippen LogP contribution in [-0.4, -0.2) is 53.0 Å². The summed E-state index contributed by atoms with van der Waals surface area (Å²) in [6, 6.07) is -1.46. The molecular weight excluding hydrogens is 409 g/mol. The number of primary amides is 1. The number of carbonyl (C=O) groups excluding carboxylic acids is 2. The van der Waals surface area contributed by atoms with Gasteiger partial charge in [0.1, 0.15) is 6.10 Å². The van der Waals surface area contributed by atoms with E-state index in [2.05, 4.69) is 20.0 Å². The molecule has 1 aromatic rings. The lowest BCUT2D eigenvalue weighted by atomic mass is 10.1. The van der Waals surface area contributed by atoms with Gasteiger partial charge < -0.3 is 20.7 Å². The lowest BCUT2D eigenvalue weighted by molar-refractivity contribution is -0.159. The fourth-order valence-electron chi connectivity index (χ4n) is 2.36. The van der Waals surface area contributed by atoms with Crippen LogP contribution in [0.5, 0.6) is 0 Å². The summed E-state index contributed by atoms with van der Waals surface area (Å²) in [6.07, 6.45) is -6.32. The van der Waals surface area contributed by atoms with E-state index in [9.17, 15) is 36.3 Å². The fourth-order valence-corrected chi connectivity index (χ4v) is 4.08. The summed E-state index contributed by atoms with van der Waals surface area (Å²) in [4.78, 5) is 26.1. The van der Waals surface area contributed by atoms with Gasteiger partial charge in [-0.2, -0.15) is 18.2 Å². The van der Waals surface area contributed by atoms with Gasteiger partial charge in [0.15, 0.2) is 9.84 Å². The van der Waals surface area contributed by atoms with E-state index in [1.165, 1.54) is 0 Å². The number of nitrogens with two attached hydrogens (primary N) is 1. The van der Waals surface area contributed by atoms with E-state index in [1.54, 1.807) is 0 Å². The number of alkyl halides is 3. The lowest BCUT2D eigenvalue weighted by Crippen LogP contribution is -2.42. The average molecular weight is 428 g/mol. The van der Waals surface area contributed by atoms with Gasteiger partial charge in [0, 0.05) is 12.8 Å². The van der Waals surface area contributed by atoms with Gasteiger partial charge >= 0.3 is 12.1 Å². The van der Waals surface area contributed by atoms with E-state index in [4.69, 9.17) is 5.73 Å². The van der Waals surface area contributed by atoms with Crippen LogP contribution in [0.3, 0.4) is 0 Å². The summed E-state index contributed by atoms with van der Waals surface area (Å²) in [7, 11) is -3.44. The number of nitrogens with zero attached hydrogens (tertiary/aromatic N) is 2.